The number of rotatable bonds is 2. The SMILES string of the molecule is O=c1oc(/C=C2\C=Nc3ccccc32)c(O)c(-c2ccccc2)c1O. The monoisotopic (exact) mass is 331 g/mol. The Labute approximate surface area is 142 Å². The number of fused-ring (bicyclic) bond motifs is 1. The van der Waals surface area contributed by atoms with Crippen molar-refractivity contribution in [2.45, 2.75) is 0 Å². The first kappa shape index (κ1) is 15.0. The average molecular weight is 331 g/mol. The van der Waals surface area contributed by atoms with Crippen molar-refractivity contribution < 1.29 is 14.6 Å². The van der Waals surface area contributed by atoms with E-state index in [0.717, 1.165) is 11.3 Å². The molecule has 2 aromatic carbocycles. The third-order valence-corrected chi connectivity index (χ3v) is 4.01. The van der Waals surface area contributed by atoms with Crippen LogP contribution in [0.15, 0.2) is 68.8 Å². The van der Waals surface area contributed by atoms with Gasteiger partial charge in [0.2, 0.25) is 5.75 Å². The summed E-state index contributed by atoms with van der Waals surface area (Å²) in [5.74, 6) is -0.945. The van der Waals surface area contributed by atoms with Gasteiger partial charge in [-0.3, -0.25) is 4.99 Å². The minimum atomic E-state index is -0.910. The van der Waals surface area contributed by atoms with Gasteiger partial charge in [-0.25, -0.2) is 4.79 Å². The van der Waals surface area contributed by atoms with Crippen LogP contribution >= 0.6 is 0 Å². The van der Waals surface area contributed by atoms with E-state index in [4.69, 9.17) is 4.42 Å². The Morgan fingerprint density at radius 1 is 0.920 bits per heavy atom. The van der Waals surface area contributed by atoms with Gasteiger partial charge in [-0.05, 0) is 17.7 Å². The third kappa shape index (κ3) is 2.52. The van der Waals surface area contributed by atoms with E-state index in [0.29, 0.717) is 11.1 Å². The van der Waals surface area contributed by atoms with Gasteiger partial charge in [0.25, 0.3) is 0 Å². The van der Waals surface area contributed by atoms with Gasteiger partial charge in [-0.15, -0.1) is 0 Å². The van der Waals surface area contributed by atoms with Gasteiger partial charge in [0.05, 0.1) is 11.3 Å². The fourth-order valence-electron chi connectivity index (χ4n) is 2.81. The number of benzene rings is 2. The molecule has 2 heterocycles. The van der Waals surface area contributed by atoms with E-state index in [1.807, 2.05) is 24.3 Å². The van der Waals surface area contributed by atoms with Gasteiger partial charge in [0.1, 0.15) is 0 Å². The molecule has 0 saturated carbocycles. The molecule has 5 heteroatoms. The lowest BCUT2D eigenvalue weighted by Gasteiger charge is -2.09. The molecule has 0 radical (unpaired) electrons. The van der Waals surface area contributed by atoms with Crippen LogP contribution in [0.3, 0.4) is 0 Å². The molecule has 0 aliphatic carbocycles. The predicted octanol–water partition coefficient (Wildman–Crippen LogP) is 3.97. The Morgan fingerprint density at radius 2 is 1.64 bits per heavy atom. The first-order valence-electron chi connectivity index (χ1n) is 7.65. The molecule has 0 bridgehead atoms. The molecular weight excluding hydrogens is 318 g/mol. The summed E-state index contributed by atoms with van der Waals surface area (Å²) in [5.41, 5.74) is 2.04. The summed E-state index contributed by atoms with van der Waals surface area (Å²) >= 11 is 0. The van der Waals surface area contributed by atoms with Crippen molar-refractivity contribution in [3.63, 3.8) is 0 Å². The second-order valence-corrected chi connectivity index (χ2v) is 5.57. The molecule has 25 heavy (non-hydrogen) atoms. The zero-order valence-electron chi connectivity index (χ0n) is 13.0. The van der Waals surface area contributed by atoms with Crippen molar-refractivity contribution >= 4 is 23.6 Å². The Morgan fingerprint density at radius 3 is 2.44 bits per heavy atom. The van der Waals surface area contributed by atoms with Crippen LogP contribution in [-0.4, -0.2) is 16.4 Å². The first-order chi connectivity index (χ1) is 12.1. The van der Waals surface area contributed by atoms with Crippen molar-refractivity contribution in [2.24, 2.45) is 4.99 Å². The maximum Gasteiger partial charge on any atom is 0.379 e. The zero-order chi connectivity index (χ0) is 17.4. The van der Waals surface area contributed by atoms with Gasteiger partial charge in [0.15, 0.2) is 11.5 Å². The minimum absolute atomic E-state index is 0.0280. The van der Waals surface area contributed by atoms with Crippen molar-refractivity contribution in [3.05, 3.63) is 76.3 Å². The molecule has 1 aliphatic heterocycles. The summed E-state index contributed by atoms with van der Waals surface area (Å²) in [6.07, 6.45) is 3.18. The molecule has 0 fully saturated rings. The lowest BCUT2D eigenvalue weighted by molar-refractivity contribution is 0.378. The smallest absolute Gasteiger partial charge is 0.379 e. The number of para-hydroxylation sites is 1. The van der Waals surface area contributed by atoms with Crippen LogP contribution in [0.2, 0.25) is 0 Å². The molecule has 122 valence electrons. The van der Waals surface area contributed by atoms with Crippen LogP contribution in [-0.2, 0) is 0 Å². The summed E-state index contributed by atoms with van der Waals surface area (Å²) in [5, 5.41) is 20.6. The Hall–Kier alpha value is -3.60. The van der Waals surface area contributed by atoms with Crippen LogP contribution in [0.1, 0.15) is 11.3 Å². The molecule has 0 saturated heterocycles. The molecular formula is C20H13NO4. The molecule has 0 amide bonds. The van der Waals surface area contributed by atoms with Gasteiger partial charge in [-0.1, -0.05) is 48.5 Å². The number of aromatic hydroxyl groups is 2. The van der Waals surface area contributed by atoms with Gasteiger partial charge >= 0.3 is 5.63 Å². The maximum atomic E-state index is 12.0. The standard InChI is InChI=1S/C20H13NO4/c22-18-16(10-13-11-21-15-9-5-4-8-14(13)15)25-20(24)19(23)17(18)12-6-2-1-3-7-12/h1-11,22-23H/b13-10+. The molecule has 0 spiro atoms. The molecule has 1 aromatic heterocycles. The van der Waals surface area contributed by atoms with Gasteiger partial charge in [0, 0.05) is 17.4 Å². The Kier molecular flexibility index (Phi) is 3.47. The van der Waals surface area contributed by atoms with E-state index in [9.17, 15) is 15.0 Å². The predicted molar refractivity (Wildman–Crippen MR) is 96.2 cm³/mol. The topological polar surface area (TPSA) is 83.0 Å². The van der Waals surface area contributed by atoms with Gasteiger partial charge in [-0.2, -0.15) is 0 Å². The van der Waals surface area contributed by atoms with E-state index in [2.05, 4.69) is 4.99 Å². The van der Waals surface area contributed by atoms with Crippen LogP contribution in [0.25, 0.3) is 22.8 Å². The Bertz CT molecular complexity index is 1080. The van der Waals surface area contributed by atoms with E-state index in [1.165, 1.54) is 6.08 Å². The fraction of sp³-hybridized carbons (Fsp3) is 0. The highest BCUT2D eigenvalue weighted by Gasteiger charge is 2.20. The van der Waals surface area contributed by atoms with E-state index in [-0.39, 0.29) is 17.1 Å². The molecule has 0 atom stereocenters. The van der Waals surface area contributed by atoms with Crippen LogP contribution in [0, 0.1) is 0 Å². The molecule has 3 aromatic rings. The zero-order valence-corrected chi connectivity index (χ0v) is 13.0. The van der Waals surface area contributed by atoms with Gasteiger partial charge < -0.3 is 14.6 Å². The number of aliphatic imine (C=N–C) groups is 1. The molecule has 4 rings (SSSR count). The highest BCUT2D eigenvalue weighted by molar-refractivity contribution is 6.21. The van der Waals surface area contributed by atoms with Crippen molar-refractivity contribution in [2.75, 3.05) is 0 Å². The van der Waals surface area contributed by atoms with Crippen LogP contribution in [0.5, 0.6) is 11.5 Å². The molecule has 0 unspecified atom stereocenters. The number of allylic oxidation sites excluding steroid dienone is 1. The maximum absolute atomic E-state index is 12.0. The second kappa shape index (κ2) is 5.79. The lowest BCUT2D eigenvalue weighted by atomic mass is 10.0. The normalized spacial score (nSPS) is 14.0. The minimum Gasteiger partial charge on any atom is -0.504 e. The Balaban J connectivity index is 1.91. The summed E-state index contributed by atoms with van der Waals surface area (Å²) in [4.78, 5) is 16.3. The highest BCUT2D eigenvalue weighted by Crippen LogP contribution is 2.39. The quantitative estimate of drug-likeness (QED) is 0.744. The molecule has 1 aliphatic rings. The third-order valence-electron chi connectivity index (χ3n) is 4.01. The van der Waals surface area contributed by atoms with Crippen molar-refractivity contribution in [3.8, 4) is 22.6 Å². The summed E-state index contributed by atoms with van der Waals surface area (Å²) in [6, 6.07) is 16.2. The fourth-order valence-corrected chi connectivity index (χ4v) is 2.81. The lowest BCUT2D eigenvalue weighted by Crippen LogP contribution is -2.02. The largest absolute Gasteiger partial charge is 0.504 e. The first-order valence-corrected chi connectivity index (χ1v) is 7.65. The van der Waals surface area contributed by atoms with Crippen molar-refractivity contribution in [1.82, 2.24) is 0 Å². The van der Waals surface area contributed by atoms with Crippen molar-refractivity contribution in [1.29, 1.82) is 0 Å². The molecule has 5 nitrogen and oxygen atoms in total. The summed E-state index contributed by atoms with van der Waals surface area (Å²) in [6.45, 7) is 0. The number of hydrogen-bond donors (Lipinski definition) is 2. The number of nitrogens with zero attached hydrogens (tertiary/aromatic N) is 1. The average Bonchev–Trinajstić information content (AvgIpc) is 3.04. The highest BCUT2D eigenvalue weighted by atomic mass is 16.4. The second-order valence-electron chi connectivity index (χ2n) is 5.57. The number of hydrogen-bond acceptors (Lipinski definition) is 5. The van der Waals surface area contributed by atoms with Crippen LogP contribution < -0.4 is 5.63 Å². The molecule has 2 N–H and O–H groups in total. The summed E-state index contributed by atoms with van der Waals surface area (Å²) in [7, 11) is 0. The summed E-state index contributed by atoms with van der Waals surface area (Å²) < 4.78 is 5.08. The van der Waals surface area contributed by atoms with E-state index >= 15 is 0 Å². The van der Waals surface area contributed by atoms with Crippen LogP contribution in [0.4, 0.5) is 5.69 Å². The van der Waals surface area contributed by atoms with E-state index in [1.54, 1.807) is 36.5 Å². The van der Waals surface area contributed by atoms with E-state index < -0.39 is 11.4 Å².